The molecule has 0 aromatic carbocycles. The van der Waals surface area contributed by atoms with Gasteiger partial charge in [-0.3, -0.25) is 9.59 Å². The lowest BCUT2D eigenvalue weighted by Crippen LogP contribution is -2.18. The number of carbonyl (C=O) groups excluding carboxylic acids is 1. The summed E-state index contributed by atoms with van der Waals surface area (Å²) >= 11 is 0. The maximum atomic E-state index is 12.5. The van der Waals surface area contributed by atoms with Gasteiger partial charge >= 0.3 is 11.9 Å². The van der Waals surface area contributed by atoms with E-state index in [4.69, 9.17) is 9.84 Å². The number of carboxylic acid groups (broad SMARTS) is 1. The minimum absolute atomic E-state index is 0.0181. The Kier molecular flexibility index (Phi) is 41.6. The van der Waals surface area contributed by atoms with Crippen LogP contribution < -0.4 is 0 Å². The lowest BCUT2D eigenvalue weighted by molar-refractivity contribution is -0.150. The number of ether oxygens (including phenoxy) is 1. The van der Waals surface area contributed by atoms with Crippen molar-refractivity contribution in [3.05, 3.63) is 48.6 Å². The highest BCUT2D eigenvalue weighted by atomic mass is 16.5. The molecule has 1 unspecified atom stereocenters. The van der Waals surface area contributed by atoms with E-state index in [1.165, 1.54) is 141 Å². The maximum Gasteiger partial charge on any atom is 0.306 e. The summed E-state index contributed by atoms with van der Waals surface area (Å²) < 4.78 is 5.90. The molecule has 0 amide bonds. The molecule has 4 nitrogen and oxygen atoms in total. The predicted molar refractivity (Wildman–Crippen MR) is 227 cm³/mol. The van der Waals surface area contributed by atoms with E-state index < -0.39 is 5.97 Å². The summed E-state index contributed by atoms with van der Waals surface area (Å²) in [5, 5.41) is 8.67. The summed E-state index contributed by atoms with van der Waals surface area (Å²) in [6, 6.07) is 0. The van der Waals surface area contributed by atoms with E-state index in [1.54, 1.807) is 0 Å². The predicted octanol–water partition coefficient (Wildman–Crippen LogP) is 15.9. The molecule has 0 rings (SSSR count). The second-order valence-electron chi connectivity index (χ2n) is 15.2. The number of rotatable bonds is 41. The van der Waals surface area contributed by atoms with Crippen molar-refractivity contribution in [2.24, 2.45) is 0 Å². The quantitative estimate of drug-likeness (QED) is 0.0387. The Labute approximate surface area is 323 Å². The van der Waals surface area contributed by atoms with E-state index >= 15 is 0 Å². The standard InChI is InChI=1S/C48H86O4/c1-3-5-6-7-8-9-10-11-12-13-14-15-16-20-23-26-29-32-35-38-41-45-48(51)52-46(42-4-2)43-39-36-33-30-27-24-21-18-17-19-22-25-28-31-34-37-40-44-47(49)50/h8-9,11-12,14-15,20,23,46H,3-7,10,13,16-19,21-22,24-45H2,1-2H3,(H,49,50)/b9-8-,12-11-,15-14-,23-20-. The third kappa shape index (κ3) is 42.3. The molecule has 0 aliphatic rings. The Morgan fingerprint density at radius 1 is 0.423 bits per heavy atom. The van der Waals surface area contributed by atoms with Gasteiger partial charge in [0.15, 0.2) is 0 Å². The van der Waals surface area contributed by atoms with Gasteiger partial charge in [0.25, 0.3) is 0 Å². The van der Waals surface area contributed by atoms with Gasteiger partial charge in [-0.2, -0.15) is 0 Å². The smallest absolute Gasteiger partial charge is 0.306 e. The number of esters is 1. The summed E-state index contributed by atoms with van der Waals surface area (Å²) in [5.41, 5.74) is 0. The van der Waals surface area contributed by atoms with Gasteiger partial charge in [0.05, 0.1) is 0 Å². The molecule has 0 bridgehead atoms. The molecule has 0 spiro atoms. The lowest BCUT2D eigenvalue weighted by atomic mass is 10.0. The van der Waals surface area contributed by atoms with Crippen molar-refractivity contribution < 1.29 is 19.4 Å². The van der Waals surface area contributed by atoms with Crippen LogP contribution in [0.1, 0.15) is 239 Å². The van der Waals surface area contributed by atoms with E-state index in [1.807, 2.05) is 0 Å². The molecule has 302 valence electrons. The Bertz CT molecular complexity index is 870. The third-order valence-electron chi connectivity index (χ3n) is 10.0. The average molecular weight is 727 g/mol. The monoisotopic (exact) mass is 727 g/mol. The van der Waals surface area contributed by atoms with Gasteiger partial charge in [-0.25, -0.2) is 0 Å². The summed E-state index contributed by atoms with van der Waals surface area (Å²) in [5.74, 6) is -0.645. The molecule has 0 aromatic rings. The zero-order valence-electron chi connectivity index (χ0n) is 34.6. The minimum atomic E-state index is -0.663. The van der Waals surface area contributed by atoms with Crippen LogP contribution in [0.25, 0.3) is 0 Å². The van der Waals surface area contributed by atoms with Gasteiger partial charge in [-0.1, -0.05) is 197 Å². The van der Waals surface area contributed by atoms with E-state index in [0.717, 1.165) is 70.6 Å². The van der Waals surface area contributed by atoms with Gasteiger partial charge in [0.2, 0.25) is 0 Å². The van der Waals surface area contributed by atoms with Crippen molar-refractivity contribution in [2.45, 2.75) is 245 Å². The second kappa shape index (κ2) is 43.3. The zero-order chi connectivity index (χ0) is 37.8. The van der Waals surface area contributed by atoms with Crippen molar-refractivity contribution in [1.82, 2.24) is 0 Å². The summed E-state index contributed by atoms with van der Waals surface area (Å²) in [4.78, 5) is 23.0. The van der Waals surface area contributed by atoms with Crippen LogP contribution in [0.2, 0.25) is 0 Å². The molecular weight excluding hydrogens is 641 g/mol. The van der Waals surface area contributed by atoms with Crippen LogP contribution >= 0.6 is 0 Å². The highest BCUT2D eigenvalue weighted by Gasteiger charge is 2.13. The van der Waals surface area contributed by atoms with E-state index in [9.17, 15) is 9.59 Å². The van der Waals surface area contributed by atoms with Crippen molar-refractivity contribution in [3.63, 3.8) is 0 Å². The van der Waals surface area contributed by atoms with Crippen LogP contribution in [0.3, 0.4) is 0 Å². The number of aliphatic carboxylic acids is 1. The fourth-order valence-corrected chi connectivity index (χ4v) is 6.75. The molecule has 0 aliphatic heterocycles. The van der Waals surface area contributed by atoms with Crippen molar-refractivity contribution >= 4 is 11.9 Å². The lowest BCUT2D eigenvalue weighted by Gasteiger charge is -2.17. The van der Waals surface area contributed by atoms with Crippen LogP contribution in [-0.4, -0.2) is 23.1 Å². The van der Waals surface area contributed by atoms with Crippen LogP contribution in [0, 0.1) is 0 Å². The molecule has 1 N–H and O–H groups in total. The average Bonchev–Trinajstić information content (AvgIpc) is 3.13. The Morgan fingerprint density at radius 2 is 0.788 bits per heavy atom. The number of carbonyl (C=O) groups is 2. The molecular formula is C48H86O4. The number of unbranched alkanes of at least 4 members (excludes halogenated alkanes) is 24. The van der Waals surface area contributed by atoms with E-state index in [0.29, 0.717) is 12.8 Å². The third-order valence-corrected chi connectivity index (χ3v) is 10.0. The summed E-state index contributed by atoms with van der Waals surface area (Å²) in [6.45, 7) is 4.44. The van der Waals surface area contributed by atoms with Crippen LogP contribution in [0.15, 0.2) is 48.6 Å². The van der Waals surface area contributed by atoms with Gasteiger partial charge in [-0.05, 0) is 77.0 Å². The second-order valence-corrected chi connectivity index (χ2v) is 15.2. The zero-order valence-corrected chi connectivity index (χ0v) is 34.6. The number of hydrogen-bond acceptors (Lipinski definition) is 3. The normalized spacial score (nSPS) is 12.7. The molecule has 0 saturated heterocycles. The van der Waals surface area contributed by atoms with Gasteiger partial charge < -0.3 is 9.84 Å². The van der Waals surface area contributed by atoms with Gasteiger partial charge in [0, 0.05) is 12.8 Å². The van der Waals surface area contributed by atoms with E-state index in [2.05, 4.69) is 62.5 Å². The Morgan fingerprint density at radius 3 is 1.21 bits per heavy atom. The first kappa shape index (κ1) is 49.9. The topological polar surface area (TPSA) is 63.6 Å². The highest BCUT2D eigenvalue weighted by molar-refractivity contribution is 5.69. The van der Waals surface area contributed by atoms with Gasteiger partial charge in [-0.15, -0.1) is 0 Å². The number of allylic oxidation sites excluding steroid dienone is 8. The summed E-state index contributed by atoms with van der Waals surface area (Å²) in [6.07, 6.45) is 59.3. The fourth-order valence-electron chi connectivity index (χ4n) is 6.75. The fraction of sp³-hybridized carbons (Fsp3) is 0.792. The molecule has 0 aromatic heterocycles. The molecule has 1 atom stereocenters. The summed E-state index contributed by atoms with van der Waals surface area (Å²) in [7, 11) is 0. The maximum absolute atomic E-state index is 12.5. The van der Waals surface area contributed by atoms with Crippen LogP contribution in [-0.2, 0) is 14.3 Å². The number of hydrogen-bond donors (Lipinski definition) is 1. The molecule has 0 saturated carbocycles. The molecule has 0 heterocycles. The van der Waals surface area contributed by atoms with Crippen molar-refractivity contribution in [2.75, 3.05) is 0 Å². The minimum Gasteiger partial charge on any atom is -0.481 e. The number of carboxylic acids is 1. The van der Waals surface area contributed by atoms with Crippen LogP contribution in [0.5, 0.6) is 0 Å². The Balaban J connectivity index is 3.57. The Hall–Kier alpha value is -2.10. The van der Waals surface area contributed by atoms with Crippen molar-refractivity contribution in [3.8, 4) is 0 Å². The van der Waals surface area contributed by atoms with Crippen LogP contribution in [0.4, 0.5) is 0 Å². The first-order valence-corrected chi connectivity index (χ1v) is 22.6. The largest absolute Gasteiger partial charge is 0.481 e. The van der Waals surface area contributed by atoms with Gasteiger partial charge in [0.1, 0.15) is 6.10 Å². The first-order chi connectivity index (χ1) is 25.6. The molecule has 52 heavy (non-hydrogen) atoms. The molecule has 0 radical (unpaired) electrons. The SMILES string of the molecule is CCCCC/C=C\C/C=C\C/C=C\C/C=C\CCCCCCCC(=O)OC(CCC)CCCCCCCCCCCCCCCCCCCC(=O)O. The molecule has 0 aliphatic carbocycles. The molecule has 4 heteroatoms. The highest BCUT2D eigenvalue weighted by Crippen LogP contribution is 2.18. The van der Waals surface area contributed by atoms with E-state index in [-0.39, 0.29) is 12.1 Å². The molecule has 0 fully saturated rings. The first-order valence-electron chi connectivity index (χ1n) is 22.6. The van der Waals surface area contributed by atoms with Crippen molar-refractivity contribution in [1.29, 1.82) is 0 Å².